The number of ketones is 1. The first-order valence-corrected chi connectivity index (χ1v) is 11.8. The average Bonchev–Trinajstić information content (AvgIpc) is 3.49. The van der Waals surface area contributed by atoms with Gasteiger partial charge in [-0.05, 0) is 42.0 Å². The molecular formula is C26H28ClFN4O2. The number of carbonyl (C=O) groups excluding carboxylic acids is 2. The Kier molecular flexibility index (Phi) is 7.44. The second kappa shape index (κ2) is 10.5. The Morgan fingerprint density at radius 3 is 2.56 bits per heavy atom. The Balaban J connectivity index is 1.80. The molecule has 2 heterocycles. The molecule has 6 nitrogen and oxygen atoms in total. The van der Waals surface area contributed by atoms with E-state index in [-0.39, 0.29) is 36.0 Å². The zero-order valence-corrected chi connectivity index (χ0v) is 20.0. The molecule has 1 aliphatic heterocycles. The molecule has 2 unspecified atom stereocenters. The molecule has 0 spiro atoms. The third kappa shape index (κ3) is 5.21. The summed E-state index contributed by atoms with van der Waals surface area (Å²) in [5.41, 5.74) is 1.94. The maximum Gasteiger partial charge on any atom is 0.237 e. The van der Waals surface area contributed by atoms with Crippen molar-refractivity contribution in [3.63, 3.8) is 0 Å². The zero-order valence-electron chi connectivity index (χ0n) is 19.2. The molecule has 2 aromatic carbocycles. The lowest BCUT2D eigenvalue weighted by atomic mass is 9.88. The van der Waals surface area contributed by atoms with E-state index in [2.05, 4.69) is 15.7 Å². The van der Waals surface area contributed by atoms with Gasteiger partial charge in [0.15, 0.2) is 5.78 Å². The fraction of sp³-hybridized carbons (Fsp3) is 0.346. The van der Waals surface area contributed by atoms with Gasteiger partial charge in [-0.3, -0.25) is 14.3 Å². The summed E-state index contributed by atoms with van der Waals surface area (Å²) in [4.78, 5) is 26.6. The van der Waals surface area contributed by atoms with Crippen LogP contribution in [0.3, 0.4) is 0 Å². The van der Waals surface area contributed by atoms with Crippen LogP contribution in [0.4, 0.5) is 4.39 Å². The van der Waals surface area contributed by atoms with Crippen molar-refractivity contribution in [1.82, 2.24) is 20.4 Å². The van der Waals surface area contributed by atoms with Gasteiger partial charge in [0.1, 0.15) is 18.4 Å². The van der Waals surface area contributed by atoms with Gasteiger partial charge in [-0.25, -0.2) is 4.39 Å². The fourth-order valence-electron chi connectivity index (χ4n) is 4.35. The molecule has 2 atom stereocenters. The Morgan fingerprint density at radius 1 is 1.21 bits per heavy atom. The van der Waals surface area contributed by atoms with E-state index in [0.717, 1.165) is 13.0 Å². The van der Waals surface area contributed by atoms with Gasteiger partial charge in [0.05, 0.1) is 17.3 Å². The maximum absolute atomic E-state index is 15.9. The first-order chi connectivity index (χ1) is 16.3. The molecule has 1 amide bonds. The summed E-state index contributed by atoms with van der Waals surface area (Å²) < 4.78 is 17.3. The number of rotatable bonds is 8. The van der Waals surface area contributed by atoms with Crippen LogP contribution in [0, 0.1) is 5.82 Å². The van der Waals surface area contributed by atoms with Crippen molar-refractivity contribution in [3.05, 3.63) is 76.8 Å². The van der Waals surface area contributed by atoms with Gasteiger partial charge in [0, 0.05) is 11.8 Å². The number of amides is 1. The van der Waals surface area contributed by atoms with Gasteiger partial charge in [-0.15, -0.1) is 0 Å². The van der Waals surface area contributed by atoms with E-state index in [9.17, 15) is 9.59 Å². The average molecular weight is 483 g/mol. The van der Waals surface area contributed by atoms with Crippen LogP contribution in [-0.4, -0.2) is 34.1 Å². The quantitative estimate of drug-likeness (QED) is 0.490. The van der Waals surface area contributed by atoms with Gasteiger partial charge in [0.2, 0.25) is 5.91 Å². The van der Waals surface area contributed by atoms with E-state index < -0.39 is 6.04 Å². The Hall–Kier alpha value is -3.03. The molecule has 0 saturated carbocycles. The van der Waals surface area contributed by atoms with E-state index in [1.807, 2.05) is 32.0 Å². The number of nitrogens with zero attached hydrogens (tertiary/aromatic N) is 2. The fourth-order valence-corrected chi connectivity index (χ4v) is 4.51. The number of benzene rings is 2. The summed E-state index contributed by atoms with van der Waals surface area (Å²) in [6.45, 7) is 4.47. The van der Waals surface area contributed by atoms with E-state index in [4.69, 9.17) is 11.6 Å². The third-order valence-corrected chi connectivity index (χ3v) is 6.30. The lowest BCUT2D eigenvalue weighted by Gasteiger charge is -2.24. The van der Waals surface area contributed by atoms with Crippen molar-refractivity contribution >= 4 is 23.3 Å². The lowest BCUT2D eigenvalue weighted by molar-refractivity contribution is -0.129. The highest BCUT2D eigenvalue weighted by Gasteiger charge is 2.32. The van der Waals surface area contributed by atoms with Gasteiger partial charge >= 0.3 is 0 Å². The molecule has 1 aliphatic rings. The summed E-state index contributed by atoms with van der Waals surface area (Å²) in [5.74, 6) is -1.03. The second-order valence-electron chi connectivity index (χ2n) is 8.87. The molecule has 4 rings (SSSR count). The molecule has 2 N–H and O–H groups in total. The predicted molar refractivity (Wildman–Crippen MR) is 130 cm³/mol. The van der Waals surface area contributed by atoms with Crippen molar-refractivity contribution in [2.45, 2.75) is 51.2 Å². The highest BCUT2D eigenvalue weighted by Crippen LogP contribution is 2.35. The summed E-state index contributed by atoms with van der Waals surface area (Å²) >= 11 is 5.96. The molecule has 1 fully saturated rings. The molecule has 0 bridgehead atoms. The van der Waals surface area contributed by atoms with Crippen LogP contribution in [-0.2, 0) is 16.1 Å². The molecule has 3 aromatic rings. The molecule has 1 saturated heterocycles. The largest absolute Gasteiger partial charge is 0.341 e. The van der Waals surface area contributed by atoms with Crippen molar-refractivity contribution in [1.29, 1.82) is 0 Å². The minimum atomic E-state index is -1.05. The van der Waals surface area contributed by atoms with E-state index in [0.29, 0.717) is 33.7 Å². The number of hydrogen-bond donors (Lipinski definition) is 2. The molecule has 0 aliphatic carbocycles. The SMILES string of the molecule is CC(C)c1ccc(C(NC(=O)C2CCCN2)C(=O)Cn2cc(Cl)cn2)c(-c2ccccc2)c1F. The summed E-state index contributed by atoms with van der Waals surface area (Å²) in [7, 11) is 0. The van der Waals surface area contributed by atoms with Crippen LogP contribution in [0.1, 0.15) is 49.8 Å². The van der Waals surface area contributed by atoms with Gasteiger partial charge in [0.25, 0.3) is 0 Å². The topological polar surface area (TPSA) is 76.0 Å². The highest BCUT2D eigenvalue weighted by molar-refractivity contribution is 6.30. The Labute approximate surface area is 203 Å². The van der Waals surface area contributed by atoms with Crippen LogP contribution in [0.25, 0.3) is 11.1 Å². The smallest absolute Gasteiger partial charge is 0.237 e. The number of Topliss-reactive ketones (excluding diaryl/α,β-unsaturated/α-hetero) is 1. The first kappa shape index (κ1) is 24.1. The normalized spacial score (nSPS) is 16.6. The third-order valence-electron chi connectivity index (χ3n) is 6.10. The van der Waals surface area contributed by atoms with E-state index >= 15 is 4.39 Å². The number of aromatic nitrogens is 2. The number of halogens is 2. The van der Waals surface area contributed by atoms with Crippen molar-refractivity contribution in [2.75, 3.05) is 6.54 Å². The summed E-state index contributed by atoms with van der Waals surface area (Å²) in [6, 6.07) is 11.1. The van der Waals surface area contributed by atoms with Gasteiger partial charge in [-0.1, -0.05) is 67.9 Å². The number of hydrogen-bond acceptors (Lipinski definition) is 4. The maximum atomic E-state index is 15.9. The predicted octanol–water partition coefficient (Wildman–Crippen LogP) is 4.64. The molecule has 178 valence electrons. The molecular weight excluding hydrogens is 455 g/mol. The van der Waals surface area contributed by atoms with E-state index in [1.54, 1.807) is 24.3 Å². The molecule has 1 aromatic heterocycles. The van der Waals surface area contributed by atoms with E-state index in [1.165, 1.54) is 17.1 Å². The summed E-state index contributed by atoms with van der Waals surface area (Å²) in [5, 5.41) is 10.5. The van der Waals surface area contributed by atoms with Crippen LogP contribution >= 0.6 is 11.6 Å². The second-order valence-corrected chi connectivity index (χ2v) is 9.30. The van der Waals surface area contributed by atoms with Gasteiger partial charge in [-0.2, -0.15) is 5.10 Å². The molecule has 8 heteroatoms. The van der Waals surface area contributed by atoms with Crippen molar-refractivity contribution in [3.8, 4) is 11.1 Å². The molecule has 0 radical (unpaired) electrons. The Bertz CT molecular complexity index is 1170. The van der Waals surface area contributed by atoms with Crippen molar-refractivity contribution in [2.24, 2.45) is 0 Å². The minimum absolute atomic E-state index is 0.0471. The highest BCUT2D eigenvalue weighted by atomic mass is 35.5. The summed E-state index contributed by atoms with van der Waals surface area (Å²) in [6.07, 6.45) is 4.55. The van der Waals surface area contributed by atoms with Crippen LogP contribution < -0.4 is 10.6 Å². The van der Waals surface area contributed by atoms with Gasteiger partial charge < -0.3 is 10.6 Å². The van der Waals surface area contributed by atoms with Crippen molar-refractivity contribution < 1.29 is 14.0 Å². The lowest BCUT2D eigenvalue weighted by Crippen LogP contribution is -2.45. The minimum Gasteiger partial charge on any atom is -0.341 e. The first-order valence-electron chi connectivity index (χ1n) is 11.5. The zero-order chi connectivity index (χ0) is 24.2. The van der Waals surface area contributed by atoms with Crippen LogP contribution in [0.2, 0.25) is 5.02 Å². The van der Waals surface area contributed by atoms with Crippen LogP contribution in [0.5, 0.6) is 0 Å². The monoisotopic (exact) mass is 482 g/mol. The Morgan fingerprint density at radius 2 is 1.94 bits per heavy atom. The molecule has 34 heavy (non-hydrogen) atoms. The number of nitrogens with one attached hydrogen (secondary N) is 2. The standard InChI is InChI=1S/C26H28ClFN4O2/c1-16(2)19-10-11-20(23(24(19)28)17-7-4-3-5-8-17)25(31-26(34)21-9-6-12-29-21)22(33)15-32-14-18(27)13-30-32/h3-5,7-8,10-11,13-14,16,21,25,29H,6,9,12,15H2,1-2H3,(H,31,34). The number of carbonyl (C=O) groups is 2. The van der Waals surface area contributed by atoms with Crippen LogP contribution in [0.15, 0.2) is 54.9 Å².